The smallest absolute Gasteiger partial charge is 0.241 e. The summed E-state index contributed by atoms with van der Waals surface area (Å²) in [6, 6.07) is 20.5. The number of sulfonamides is 1. The van der Waals surface area contributed by atoms with Gasteiger partial charge in [-0.3, -0.25) is 0 Å². The quantitative estimate of drug-likeness (QED) is 0.251. The zero-order valence-corrected chi connectivity index (χ0v) is 20.6. The Kier molecular flexibility index (Phi) is 8.12. The van der Waals surface area contributed by atoms with Gasteiger partial charge in [0.15, 0.2) is 0 Å². The van der Waals surface area contributed by atoms with Crippen LogP contribution >= 0.6 is 0 Å². The summed E-state index contributed by atoms with van der Waals surface area (Å²) in [5, 5.41) is 5.79. The van der Waals surface area contributed by atoms with Crippen molar-refractivity contribution in [3.8, 4) is 0 Å². The van der Waals surface area contributed by atoms with E-state index in [-0.39, 0.29) is 6.04 Å². The summed E-state index contributed by atoms with van der Waals surface area (Å²) in [7, 11) is -1.91. The van der Waals surface area contributed by atoms with Gasteiger partial charge < -0.3 is 15.8 Å². The van der Waals surface area contributed by atoms with Crippen LogP contribution in [0.15, 0.2) is 71.6 Å². The van der Waals surface area contributed by atoms with Crippen molar-refractivity contribution >= 4 is 43.5 Å². The highest BCUT2D eigenvalue weighted by molar-refractivity contribution is 7.89. The predicted octanol–water partition coefficient (Wildman–Crippen LogP) is 4.33. The van der Waals surface area contributed by atoms with Gasteiger partial charge in [0, 0.05) is 24.4 Å². The molecule has 1 aromatic heterocycles. The normalized spacial score (nSPS) is 12.7. The average Bonchev–Trinajstić information content (AvgIpc) is 2.86. The Morgan fingerprint density at radius 3 is 2.49 bits per heavy atom. The van der Waals surface area contributed by atoms with Crippen molar-refractivity contribution in [2.45, 2.75) is 36.6 Å². The molecule has 0 aliphatic carbocycles. The number of fused-ring (bicyclic) bond motifs is 2. The van der Waals surface area contributed by atoms with Gasteiger partial charge in [0.25, 0.3) is 0 Å². The van der Waals surface area contributed by atoms with Crippen LogP contribution in [0.2, 0.25) is 0 Å². The zero-order valence-electron chi connectivity index (χ0n) is 19.8. The van der Waals surface area contributed by atoms with E-state index in [4.69, 9.17) is 10.5 Å². The van der Waals surface area contributed by atoms with Crippen molar-refractivity contribution in [2.24, 2.45) is 0 Å². The van der Waals surface area contributed by atoms with Gasteiger partial charge in [-0.15, -0.1) is 0 Å². The summed E-state index contributed by atoms with van der Waals surface area (Å²) >= 11 is 0. The number of nitrogens with two attached hydrogens (primary N) is 1. The van der Waals surface area contributed by atoms with E-state index in [1.54, 1.807) is 19.2 Å². The highest BCUT2D eigenvalue weighted by Crippen LogP contribution is 2.23. The molecule has 9 heteroatoms. The van der Waals surface area contributed by atoms with Crippen LogP contribution in [0.4, 0.5) is 11.8 Å². The number of para-hydroxylation sites is 1. The summed E-state index contributed by atoms with van der Waals surface area (Å²) in [4.78, 5) is 9.25. The molecule has 8 nitrogen and oxygen atoms in total. The van der Waals surface area contributed by atoms with Gasteiger partial charge in [0.2, 0.25) is 16.0 Å². The Morgan fingerprint density at radius 1 is 0.914 bits per heavy atom. The van der Waals surface area contributed by atoms with Crippen LogP contribution in [0.25, 0.3) is 21.7 Å². The zero-order chi connectivity index (χ0) is 24.7. The van der Waals surface area contributed by atoms with Crippen LogP contribution in [0.3, 0.4) is 0 Å². The molecule has 4 rings (SSSR count). The van der Waals surface area contributed by atoms with Crippen LogP contribution in [0, 0.1) is 0 Å². The van der Waals surface area contributed by atoms with Crippen molar-refractivity contribution in [3.05, 3.63) is 66.7 Å². The maximum Gasteiger partial charge on any atom is 0.241 e. The minimum atomic E-state index is -3.57. The molecule has 0 aliphatic heterocycles. The highest BCUT2D eigenvalue weighted by atomic mass is 32.2. The summed E-state index contributed by atoms with van der Waals surface area (Å²) in [6.45, 7) is 0.891. The molecule has 1 atom stereocenters. The Morgan fingerprint density at radius 2 is 1.66 bits per heavy atom. The summed E-state index contributed by atoms with van der Waals surface area (Å²) < 4.78 is 33.8. The van der Waals surface area contributed by atoms with Crippen LogP contribution in [0.5, 0.6) is 0 Å². The third-order valence-electron chi connectivity index (χ3n) is 5.89. The van der Waals surface area contributed by atoms with Gasteiger partial charge in [-0.25, -0.2) is 18.1 Å². The Labute approximate surface area is 206 Å². The molecule has 1 unspecified atom stereocenters. The molecule has 0 spiro atoms. The molecule has 1 heterocycles. The Bertz CT molecular complexity index is 1390. The molecule has 0 fully saturated rings. The summed E-state index contributed by atoms with van der Waals surface area (Å²) in [5.41, 5.74) is 6.88. The lowest BCUT2D eigenvalue weighted by atomic mass is 10.1. The van der Waals surface area contributed by atoms with Crippen LogP contribution < -0.4 is 15.8 Å². The van der Waals surface area contributed by atoms with Crippen molar-refractivity contribution in [3.63, 3.8) is 0 Å². The van der Waals surface area contributed by atoms with Gasteiger partial charge in [-0.1, -0.05) is 61.4 Å². The lowest BCUT2D eigenvalue weighted by Gasteiger charge is -2.18. The molecule has 3 aromatic carbocycles. The van der Waals surface area contributed by atoms with E-state index in [1.165, 1.54) is 0 Å². The fourth-order valence-electron chi connectivity index (χ4n) is 4.15. The lowest BCUT2D eigenvalue weighted by molar-refractivity contribution is 0.181. The first-order chi connectivity index (χ1) is 17.0. The maximum atomic E-state index is 12.8. The number of nitrogens with zero attached hydrogens (tertiary/aromatic N) is 2. The fraction of sp³-hybridized carbons (Fsp3) is 0.308. The van der Waals surface area contributed by atoms with Crippen molar-refractivity contribution in [1.29, 1.82) is 0 Å². The minimum Gasteiger partial charge on any atom is -0.383 e. The van der Waals surface area contributed by atoms with E-state index in [9.17, 15) is 8.42 Å². The molecule has 4 aromatic rings. The first-order valence-corrected chi connectivity index (χ1v) is 13.2. The van der Waals surface area contributed by atoms with Gasteiger partial charge >= 0.3 is 0 Å². The number of methoxy groups -OCH3 is 1. The van der Waals surface area contributed by atoms with E-state index in [2.05, 4.69) is 20.0 Å². The Hall–Kier alpha value is -3.27. The van der Waals surface area contributed by atoms with Crippen LogP contribution in [-0.4, -0.2) is 44.7 Å². The van der Waals surface area contributed by atoms with E-state index >= 15 is 0 Å². The number of hydrogen-bond donors (Lipinski definition) is 3. The molecule has 0 saturated heterocycles. The van der Waals surface area contributed by atoms with E-state index < -0.39 is 10.0 Å². The van der Waals surface area contributed by atoms with Gasteiger partial charge in [0.05, 0.1) is 23.1 Å². The number of anilines is 2. The molecule has 0 aliphatic rings. The standard InChI is InChI=1S/C26H31N5O3S/c1-34-18-20(29-26-30-23-15-7-6-14-22(23)25(27)31-26)12-3-2-8-17-28-35(32,33)24-16-9-11-19-10-4-5-13-21(19)24/h4-7,9-11,13-16,20,28H,2-3,8,12,17-18H2,1H3,(H3,27,29,30,31). The minimum absolute atomic E-state index is 0.0212. The Balaban J connectivity index is 1.27. The second-order valence-corrected chi connectivity index (χ2v) is 10.2. The second kappa shape index (κ2) is 11.4. The lowest BCUT2D eigenvalue weighted by Crippen LogP contribution is -2.27. The largest absolute Gasteiger partial charge is 0.383 e. The van der Waals surface area contributed by atoms with Gasteiger partial charge in [0.1, 0.15) is 5.82 Å². The summed E-state index contributed by atoms with van der Waals surface area (Å²) in [6.07, 6.45) is 3.35. The predicted molar refractivity (Wildman–Crippen MR) is 141 cm³/mol. The van der Waals surface area contributed by atoms with Gasteiger partial charge in [-0.2, -0.15) is 4.98 Å². The summed E-state index contributed by atoms with van der Waals surface area (Å²) in [5.74, 6) is 0.916. The first kappa shape index (κ1) is 24.8. The van der Waals surface area contributed by atoms with E-state index in [0.717, 1.165) is 47.4 Å². The topological polar surface area (TPSA) is 119 Å². The molecule has 0 amide bonds. The molecule has 0 radical (unpaired) electrons. The molecule has 0 bridgehead atoms. The van der Waals surface area contributed by atoms with E-state index in [1.807, 2.05) is 54.6 Å². The first-order valence-electron chi connectivity index (χ1n) is 11.7. The number of rotatable bonds is 12. The molecule has 184 valence electrons. The molecule has 4 N–H and O–H groups in total. The van der Waals surface area contributed by atoms with Crippen molar-refractivity contribution in [1.82, 2.24) is 14.7 Å². The van der Waals surface area contributed by atoms with Gasteiger partial charge in [-0.05, 0) is 36.4 Å². The van der Waals surface area contributed by atoms with Crippen LogP contribution in [-0.2, 0) is 14.8 Å². The number of ether oxygens (including phenoxy) is 1. The molecular formula is C26H31N5O3S. The molecular weight excluding hydrogens is 462 g/mol. The van der Waals surface area contributed by atoms with Crippen LogP contribution in [0.1, 0.15) is 25.7 Å². The monoisotopic (exact) mass is 493 g/mol. The maximum absolute atomic E-state index is 12.8. The second-order valence-electron chi connectivity index (χ2n) is 8.47. The highest BCUT2D eigenvalue weighted by Gasteiger charge is 2.16. The van der Waals surface area contributed by atoms with Crippen molar-refractivity contribution in [2.75, 3.05) is 31.3 Å². The SMILES string of the molecule is COCC(CCCCCNS(=O)(=O)c1cccc2ccccc12)Nc1nc(N)c2ccccc2n1. The third kappa shape index (κ3) is 6.25. The number of unbranched alkanes of at least 4 members (excludes halogenated alkanes) is 2. The fourth-order valence-corrected chi connectivity index (χ4v) is 5.46. The number of aromatic nitrogens is 2. The molecule has 0 saturated carbocycles. The average molecular weight is 494 g/mol. The number of hydrogen-bond acceptors (Lipinski definition) is 7. The number of benzene rings is 3. The number of nitrogen functional groups attached to an aromatic ring is 1. The van der Waals surface area contributed by atoms with Crippen molar-refractivity contribution < 1.29 is 13.2 Å². The van der Waals surface area contributed by atoms with E-state index in [0.29, 0.717) is 29.8 Å². The molecule has 35 heavy (non-hydrogen) atoms. The number of nitrogens with one attached hydrogen (secondary N) is 2. The third-order valence-corrected chi connectivity index (χ3v) is 7.41.